The normalized spacial score (nSPS) is 16.4. The van der Waals surface area contributed by atoms with E-state index in [2.05, 4.69) is 16.3 Å². The molecule has 0 spiro atoms. The molecule has 0 bridgehead atoms. The maximum absolute atomic E-state index is 12.2. The van der Waals surface area contributed by atoms with Gasteiger partial charge in [-0.3, -0.25) is 4.90 Å². The van der Waals surface area contributed by atoms with Crippen molar-refractivity contribution < 1.29 is 4.79 Å². The summed E-state index contributed by atoms with van der Waals surface area (Å²) < 4.78 is 0. The van der Waals surface area contributed by atoms with Crippen molar-refractivity contribution in [1.29, 1.82) is 5.26 Å². The minimum Gasteiger partial charge on any atom is -0.322 e. The molecule has 21 heavy (non-hydrogen) atoms. The van der Waals surface area contributed by atoms with Crippen molar-refractivity contribution in [3.63, 3.8) is 0 Å². The van der Waals surface area contributed by atoms with Crippen LogP contribution in [0.5, 0.6) is 0 Å². The Morgan fingerprint density at radius 1 is 1.29 bits per heavy atom. The summed E-state index contributed by atoms with van der Waals surface area (Å²) in [6.45, 7) is 8.55. The monoisotopic (exact) mass is 286 g/mol. The Bertz CT molecular complexity index is 554. The van der Waals surface area contributed by atoms with E-state index in [1.54, 1.807) is 4.90 Å². The first-order chi connectivity index (χ1) is 9.92. The van der Waals surface area contributed by atoms with Gasteiger partial charge >= 0.3 is 6.03 Å². The fourth-order valence-corrected chi connectivity index (χ4v) is 2.46. The van der Waals surface area contributed by atoms with E-state index in [-0.39, 0.29) is 6.03 Å². The van der Waals surface area contributed by atoms with E-state index in [4.69, 9.17) is 5.26 Å². The molecule has 0 saturated carbocycles. The maximum atomic E-state index is 12.2. The predicted octanol–water partition coefficient (Wildman–Crippen LogP) is 2.45. The fraction of sp³-hybridized carbons (Fsp3) is 0.500. The van der Waals surface area contributed by atoms with Crippen LogP contribution in [0.2, 0.25) is 0 Å². The first kappa shape index (κ1) is 15.3. The van der Waals surface area contributed by atoms with Gasteiger partial charge in [-0.25, -0.2) is 4.79 Å². The minimum absolute atomic E-state index is 0.0741. The van der Waals surface area contributed by atoms with Crippen LogP contribution in [0, 0.1) is 18.3 Å². The van der Waals surface area contributed by atoms with E-state index in [0.29, 0.717) is 13.1 Å². The summed E-state index contributed by atoms with van der Waals surface area (Å²) in [5.41, 5.74) is 1.47. The number of hydrogen-bond donors (Lipinski definition) is 1. The molecule has 1 fully saturated rings. The van der Waals surface area contributed by atoms with E-state index in [0.717, 1.165) is 24.3 Å². The number of amides is 2. The Morgan fingerprint density at radius 3 is 2.52 bits per heavy atom. The number of benzene rings is 1. The number of rotatable bonds is 2. The van der Waals surface area contributed by atoms with Crippen molar-refractivity contribution >= 4 is 11.7 Å². The fourth-order valence-electron chi connectivity index (χ4n) is 2.46. The highest BCUT2D eigenvalue weighted by Crippen LogP contribution is 2.17. The van der Waals surface area contributed by atoms with Crippen LogP contribution in [-0.2, 0) is 0 Å². The summed E-state index contributed by atoms with van der Waals surface area (Å²) in [6.07, 6.45) is 0. The van der Waals surface area contributed by atoms with Gasteiger partial charge in [0.1, 0.15) is 5.54 Å². The lowest BCUT2D eigenvalue weighted by molar-refractivity contribution is 0.0964. The summed E-state index contributed by atoms with van der Waals surface area (Å²) in [5.74, 6) is 0. The highest BCUT2D eigenvalue weighted by Gasteiger charge is 2.31. The second-order valence-electron chi connectivity index (χ2n) is 5.94. The standard InChI is InChI=1S/C16H22N4O/c1-13-5-4-6-14(11-13)18-15(21)19-7-9-20(10-8-19)16(2,3)12-17/h4-6,11H,7-10H2,1-3H3,(H,18,21). The summed E-state index contributed by atoms with van der Waals surface area (Å²) in [7, 11) is 0. The highest BCUT2D eigenvalue weighted by molar-refractivity contribution is 5.89. The van der Waals surface area contributed by atoms with Gasteiger partial charge in [0.2, 0.25) is 0 Å². The third-order valence-electron chi connectivity index (χ3n) is 3.90. The molecule has 112 valence electrons. The molecule has 0 aromatic heterocycles. The van der Waals surface area contributed by atoms with Crippen LogP contribution in [0.4, 0.5) is 10.5 Å². The molecule has 1 aliphatic rings. The molecule has 0 aliphatic carbocycles. The molecular formula is C16H22N4O. The molecule has 1 heterocycles. The van der Waals surface area contributed by atoms with Gasteiger partial charge in [-0.2, -0.15) is 5.26 Å². The average Bonchev–Trinajstić information content (AvgIpc) is 2.47. The van der Waals surface area contributed by atoms with Gasteiger partial charge in [0, 0.05) is 31.9 Å². The second-order valence-corrected chi connectivity index (χ2v) is 5.94. The molecule has 2 amide bonds. The summed E-state index contributed by atoms with van der Waals surface area (Å²) in [5, 5.41) is 12.1. The predicted molar refractivity (Wildman–Crippen MR) is 83.0 cm³/mol. The molecule has 5 heteroatoms. The summed E-state index contributed by atoms with van der Waals surface area (Å²) in [6, 6.07) is 10.0. The van der Waals surface area contributed by atoms with Gasteiger partial charge in [0.25, 0.3) is 0 Å². The smallest absolute Gasteiger partial charge is 0.321 e. The van der Waals surface area contributed by atoms with E-state index < -0.39 is 5.54 Å². The Kier molecular flexibility index (Phi) is 4.49. The molecule has 1 aromatic rings. The van der Waals surface area contributed by atoms with Crippen molar-refractivity contribution in [3.05, 3.63) is 29.8 Å². The zero-order chi connectivity index (χ0) is 15.5. The van der Waals surface area contributed by atoms with E-state index in [1.165, 1.54) is 0 Å². The third kappa shape index (κ3) is 3.73. The first-order valence-corrected chi connectivity index (χ1v) is 7.21. The van der Waals surface area contributed by atoms with Crippen LogP contribution in [0.25, 0.3) is 0 Å². The van der Waals surface area contributed by atoms with Gasteiger partial charge in [-0.15, -0.1) is 0 Å². The zero-order valence-corrected chi connectivity index (χ0v) is 12.9. The van der Waals surface area contributed by atoms with Crippen LogP contribution in [0.15, 0.2) is 24.3 Å². The quantitative estimate of drug-likeness (QED) is 0.908. The molecular weight excluding hydrogens is 264 g/mol. The number of aryl methyl sites for hydroxylation is 1. The second kappa shape index (κ2) is 6.15. The van der Waals surface area contributed by atoms with Gasteiger partial charge in [-0.1, -0.05) is 12.1 Å². The van der Waals surface area contributed by atoms with Crippen LogP contribution < -0.4 is 5.32 Å². The van der Waals surface area contributed by atoms with Crippen molar-refractivity contribution in [2.75, 3.05) is 31.5 Å². The number of nitrogens with one attached hydrogen (secondary N) is 1. The number of carbonyl (C=O) groups excluding carboxylic acids is 1. The lowest BCUT2D eigenvalue weighted by Gasteiger charge is -2.40. The number of urea groups is 1. The van der Waals surface area contributed by atoms with Crippen LogP contribution in [0.1, 0.15) is 19.4 Å². The van der Waals surface area contributed by atoms with Crippen LogP contribution in [0.3, 0.4) is 0 Å². The Hall–Kier alpha value is -2.06. The van der Waals surface area contributed by atoms with Crippen molar-refractivity contribution in [2.24, 2.45) is 0 Å². The van der Waals surface area contributed by atoms with Gasteiger partial charge < -0.3 is 10.2 Å². The van der Waals surface area contributed by atoms with Gasteiger partial charge in [0.15, 0.2) is 0 Å². The average molecular weight is 286 g/mol. The Morgan fingerprint density at radius 2 is 1.95 bits per heavy atom. The number of nitriles is 1. The number of piperazine rings is 1. The van der Waals surface area contributed by atoms with E-state index in [1.807, 2.05) is 45.0 Å². The molecule has 0 atom stereocenters. The Balaban J connectivity index is 1.91. The van der Waals surface area contributed by atoms with Gasteiger partial charge in [-0.05, 0) is 38.5 Å². The van der Waals surface area contributed by atoms with Crippen LogP contribution in [-0.4, -0.2) is 47.5 Å². The molecule has 5 nitrogen and oxygen atoms in total. The van der Waals surface area contributed by atoms with Crippen LogP contribution >= 0.6 is 0 Å². The largest absolute Gasteiger partial charge is 0.322 e. The first-order valence-electron chi connectivity index (χ1n) is 7.21. The number of hydrogen-bond acceptors (Lipinski definition) is 3. The summed E-state index contributed by atoms with van der Waals surface area (Å²) in [4.78, 5) is 16.1. The molecule has 1 N–H and O–H groups in total. The van der Waals surface area contributed by atoms with Crippen molar-refractivity contribution in [3.8, 4) is 6.07 Å². The van der Waals surface area contributed by atoms with Crippen molar-refractivity contribution in [1.82, 2.24) is 9.80 Å². The SMILES string of the molecule is Cc1cccc(NC(=O)N2CCN(C(C)(C)C#N)CC2)c1. The number of carbonyl (C=O) groups is 1. The maximum Gasteiger partial charge on any atom is 0.321 e. The number of nitrogens with zero attached hydrogens (tertiary/aromatic N) is 3. The van der Waals surface area contributed by atoms with Gasteiger partial charge in [0.05, 0.1) is 6.07 Å². The molecule has 0 unspecified atom stereocenters. The minimum atomic E-state index is -0.473. The van der Waals surface area contributed by atoms with E-state index >= 15 is 0 Å². The molecule has 1 aliphatic heterocycles. The summed E-state index contributed by atoms with van der Waals surface area (Å²) >= 11 is 0. The highest BCUT2D eigenvalue weighted by atomic mass is 16.2. The lowest BCUT2D eigenvalue weighted by Crippen LogP contribution is -2.55. The molecule has 1 saturated heterocycles. The topological polar surface area (TPSA) is 59.4 Å². The molecule has 1 aromatic carbocycles. The number of anilines is 1. The van der Waals surface area contributed by atoms with Crippen molar-refractivity contribution in [2.45, 2.75) is 26.3 Å². The molecule has 2 rings (SSSR count). The lowest BCUT2D eigenvalue weighted by atomic mass is 10.0. The zero-order valence-electron chi connectivity index (χ0n) is 12.9. The molecule has 0 radical (unpaired) electrons. The third-order valence-corrected chi connectivity index (χ3v) is 3.90. The van der Waals surface area contributed by atoms with E-state index in [9.17, 15) is 4.79 Å². The Labute approximate surface area is 126 Å².